The lowest BCUT2D eigenvalue weighted by Gasteiger charge is -2.14. The Bertz CT molecular complexity index is 873. The van der Waals surface area contributed by atoms with Gasteiger partial charge >= 0.3 is 12.4 Å². The third kappa shape index (κ3) is 4.86. The van der Waals surface area contributed by atoms with Crippen LogP contribution in [0, 0.1) is 11.6 Å². The predicted octanol–water partition coefficient (Wildman–Crippen LogP) is 6.49. The van der Waals surface area contributed by atoms with Crippen LogP contribution >= 0.6 is 15.9 Å². The van der Waals surface area contributed by atoms with E-state index in [0.717, 1.165) is 12.1 Å². The van der Waals surface area contributed by atoms with Gasteiger partial charge in [0.25, 0.3) is 0 Å². The van der Waals surface area contributed by atoms with Crippen LogP contribution < -0.4 is 11.5 Å². The zero-order valence-electron chi connectivity index (χ0n) is 13.9. The van der Waals surface area contributed by atoms with Crippen molar-refractivity contribution in [3.8, 4) is 0 Å². The van der Waals surface area contributed by atoms with Crippen LogP contribution in [-0.4, -0.2) is 0 Å². The minimum absolute atomic E-state index is 0.0363. The average molecular weight is 477 g/mol. The van der Waals surface area contributed by atoms with Crippen molar-refractivity contribution in [1.82, 2.24) is 0 Å². The highest BCUT2D eigenvalue weighted by Crippen LogP contribution is 2.47. The highest BCUT2D eigenvalue weighted by atomic mass is 79.9. The largest absolute Gasteiger partial charge is 0.420 e. The molecule has 1 aliphatic rings. The molecule has 3 rings (SSSR count). The van der Waals surface area contributed by atoms with Crippen molar-refractivity contribution < 1.29 is 35.1 Å². The van der Waals surface area contributed by atoms with Crippen molar-refractivity contribution >= 4 is 27.3 Å². The Morgan fingerprint density at radius 2 is 1.18 bits per heavy atom. The van der Waals surface area contributed by atoms with Crippen molar-refractivity contribution in [2.45, 2.75) is 31.1 Å². The zero-order chi connectivity index (χ0) is 21.4. The minimum atomic E-state index is -4.74. The maximum atomic E-state index is 13.3. The number of rotatable bonds is 1. The summed E-state index contributed by atoms with van der Waals surface area (Å²) in [6.45, 7) is 0. The van der Waals surface area contributed by atoms with Gasteiger partial charge in [0.05, 0.1) is 16.9 Å². The van der Waals surface area contributed by atoms with Gasteiger partial charge in [-0.2, -0.15) is 26.3 Å². The number of benzene rings is 2. The fourth-order valence-corrected chi connectivity index (χ4v) is 2.99. The lowest BCUT2D eigenvalue weighted by molar-refractivity contribution is -0.141. The number of alkyl halides is 6. The van der Waals surface area contributed by atoms with Gasteiger partial charge in [0.2, 0.25) is 0 Å². The summed E-state index contributed by atoms with van der Waals surface area (Å²) in [6, 6.07) is 4.59. The molecule has 28 heavy (non-hydrogen) atoms. The molecule has 2 nitrogen and oxygen atoms in total. The second-order valence-corrected chi connectivity index (χ2v) is 6.88. The molecule has 0 aromatic heterocycles. The second-order valence-electron chi connectivity index (χ2n) is 6.03. The van der Waals surface area contributed by atoms with Gasteiger partial charge in [-0.05, 0) is 42.5 Å². The lowest BCUT2D eigenvalue weighted by atomic mass is 10.0. The highest BCUT2D eigenvalue weighted by Gasteiger charge is 2.41. The van der Waals surface area contributed by atoms with Gasteiger partial charge in [-0.1, -0.05) is 22.0 Å². The molecule has 1 saturated carbocycles. The third-order valence-corrected chi connectivity index (χ3v) is 4.57. The van der Waals surface area contributed by atoms with E-state index in [2.05, 4.69) is 15.9 Å². The van der Waals surface area contributed by atoms with E-state index < -0.39 is 46.5 Å². The Kier molecular flexibility index (Phi) is 6.17. The van der Waals surface area contributed by atoms with Gasteiger partial charge in [0, 0.05) is 4.47 Å². The maximum absolute atomic E-state index is 13.3. The molecule has 0 amide bonds. The van der Waals surface area contributed by atoms with Gasteiger partial charge in [-0.15, -0.1) is 0 Å². The number of nitrogens with two attached hydrogens (primary N) is 2. The van der Waals surface area contributed by atoms with Crippen molar-refractivity contribution in [3.63, 3.8) is 0 Å². The molecule has 0 heterocycles. The van der Waals surface area contributed by atoms with Crippen LogP contribution in [0.3, 0.4) is 0 Å². The standard InChI is InChI=1S/C10H9F4N.C7H4BrF4N/c11-9-7(15)4-3-6(5-1-2-5)8(9)10(12,13)14;8-3-1-2-4(13)6(9)5(3)7(10,11)12/h3-5H,1-2,15H2;1-2H,13H2. The fraction of sp³-hybridized carbons (Fsp3) is 0.294. The van der Waals surface area contributed by atoms with Crippen molar-refractivity contribution in [3.05, 3.63) is 57.1 Å². The number of anilines is 2. The van der Waals surface area contributed by atoms with Gasteiger partial charge in [0.1, 0.15) is 5.56 Å². The summed E-state index contributed by atoms with van der Waals surface area (Å²) in [5.74, 6) is -2.94. The van der Waals surface area contributed by atoms with E-state index in [1.54, 1.807) is 0 Å². The molecule has 1 aliphatic carbocycles. The molecule has 0 radical (unpaired) electrons. The Labute approximate surface area is 162 Å². The summed E-state index contributed by atoms with van der Waals surface area (Å²) >= 11 is 2.60. The molecule has 11 heteroatoms. The van der Waals surface area contributed by atoms with Gasteiger partial charge in [-0.25, -0.2) is 8.78 Å². The maximum Gasteiger partial charge on any atom is 0.420 e. The molecule has 1 fully saturated rings. The smallest absolute Gasteiger partial charge is 0.396 e. The molecule has 2 aromatic carbocycles. The van der Waals surface area contributed by atoms with E-state index in [9.17, 15) is 35.1 Å². The quantitative estimate of drug-likeness (QED) is 0.365. The van der Waals surface area contributed by atoms with Crippen molar-refractivity contribution in [2.75, 3.05) is 11.5 Å². The second kappa shape index (κ2) is 7.76. The molecule has 0 spiro atoms. The zero-order valence-corrected chi connectivity index (χ0v) is 15.4. The van der Waals surface area contributed by atoms with E-state index in [0.29, 0.717) is 12.8 Å². The van der Waals surface area contributed by atoms with E-state index in [1.165, 1.54) is 12.1 Å². The average Bonchev–Trinajstić information content (AvgIpc) is 3.37. The first kappa shape index (κ1) is 22.3. The topological polar surface area (TPSA) is 52.0 Å². The Hall–Kier alpha value is -2.04. The molecule has 0 saturated heterocycles. The summed E-state index contributed by atoms with van der Waals surface area (Å²) in [4.78, 5) is 0. The molecule has 154 valence electrons. The Morgan fingerprint density at radius 3 is 1.57 bits per heavy atom. The number of hydrogen-bond donors (Lipinski definition) is 2. The number of hydrogen-bond acceptors (Lipinski definition) is 2. The first-order valence-electron chi connectivity index (χ1n) is 7.70. The van der Waals surface area contributed by atoms with Crippen LogP contribution in [0.5, 0.6) is 0 Å². The SMILES string of the molecule is Nc1ccc(Br)c(C(F)(F)F)c1F.Nc1ccc(C2CC2)c(C(F)(F)F)c1F. The summed E-state index contributed by atoms with van der Waals surface area (Å²) < 4.78 is 100. The lowest BCUT2D eigenvalue weighted by Crippen LogP contribution is -2.13. The molecule has 4 N–H and O–H groups in total. The fourth-order valence-electron chi connectivity index (χ4n) is 2.46. The van der Waals surface area contributed by atoms with E-state index in [-0.39, 0.29) is 16.0 Å². The van der Waals surface area contributed by atoms with Crippen LogP contribution in [-0.2, 0) is 12.4 Å². The molecule has 0 aliphatic heterocycles. The van der Waals surface area contributed by atoms with E-state index in [1.807, 2.05) is 0 Å². The molecule has 0 unspecified atom stereocenters. The van der Waals surface area contributed by atoms with Crippen molar-refractivity contribution in [1.29, 1.82) is 0 Å². The van der Waals surface area contributed by atoms with Gasteiger partial charge in [0.15, 0.2) is 11.6 Å². The number of nitrogen functional groups attached to an aromatic ring is 2. The van der Waals surface area contributed by atoms with Crippen LogP contribution in [0.4, 0.5) is 46.5 Å². The van der Waals surface area contributed by atoms with Crippen molar-refractivity contribution in [2.24, 2.45) is 0 Å². The van der Waals surface area contributed by atoms with Gasteiger partial charge < -0.3 is 11.5 Å². The molecule has 2 aromatic rings. The highest BCUT2D eigenvalue weighted by molar-refractivity contribution is 9.10. The third-order valence-electron chi connectivity index (χ3n) is 3.91. The monoisotopic (exact) mass is 476 g/mol. The number of halogens is 9. The predicted molar refractivity (Wildman–Crippen MR) is 91.3 cm³/mol. The van der Waals surface area contributed by atoms with Crippen LogP contribution in [0.15, 0.2) is 28.7 Å². The molecule has 0 bridgehead atoms. The normalized spacial score (nSPS) is 14.5. The molecule has 0 atom stereocenters. The van der Waals surface area contributed by atoms with E-state index >= 15 is 0 Å². The van der Waals surface area contributed by atoms with Crippen LogP contribution in [0.25, 0.3) is 0 Å². The minimum Gasteiger partial charge on any atom is -0.396 e. The van der Waals surface area contributed by atoms with Crippen LogP contribution in [0.2, 0.25) is 0 Å². The van der Waals surface area contributed by atoms with Crippen LogP contribution in [0.1, 0.15) is 35.4 Å². The van der Waals surface area contributed by atoms with Gasteiger partial charge in [-0.3, -0.25) is 0 Å². The molecular formula is C17H13BrF8N2. The summed E-state index contributed by atoms with van der Waals surface area (Å²) in [6.07, 6.45) is -8.03. The van der Waals surface area contributed by atoms with E-state index in [4.69, 9.17) is 11.5 Å². The summed E-state index contributed by atoms with van der Waals surface area (Å²) in [5, 5.41) is 0. The first-order chi connectivity index (χ1) is 12.7. The Balaban J connectivity index is 0.000000203. The first-order valence-corrected chi connectivity index (χ1v) is 8.50. The molecular weight excluding hydrogens is 464 g/mol. The Morgan fingerprint density at radius 1 is 0.750 bits per heavy atom. The summed E-state index contributed by atoms with van der Waals surface area (Å²) in [5.41, 5.74) is 6.63. The summed E-state index contributed by atoms with van der Waals surface area (Å²) in [7, 11) is 0.